The summed E-state index contributed by atoms with van der Waals surface area (Å²) in [7, 11) is 1.63. The summed E-state index contributed by atoms with van der Waals surface area (Å²) in [6.45, 7) is 0. The van der Waals surface area contributed by atoms with Gasteiger partial charge in [0.1, 0.15) is 0 Å². The van der Waals surface area contributed by atoms with Gasteiger partial charge in [0.05, 0.1) is 5.92 Å². The standard InChI is InChI=1S/C10H12N4O4/c1-13-5-11-8(14(17)18)9(13)12-7-3-2-6(4-7)10(15)16/h2-3,5-7,12H,4H2,1H3,(H,15,16). The number of rotatable bonds is 4. The average molecular weight is 252 g/mol. The maximum Gasteiger partial charge on any atom is 0.406 e. The molecule has 0 aliphatic heterocycles. The van der Waals surface area contributed by atoms with Crippen LogP contribution in [-0.4, -0.2) is 31.6 Å². The predicted molar refractivity (Wildman–Crippen MR) is 62.2 cm³/mol. The highest BCUT2D eigenvalue weighted by atomic mass is 16.6. The van der Waals surface area contributed by atoms with Crippen molar-refractivity contribution in [1.29, 1.82) is 0 Å². The molecule has 0 saturated carbocycles. The molecular formula is C10H12N4O4. The van der Waals surface area contributed by atoms with E-state index in [1.165, 1.54) is 10.9 Å². The fourth-order valence-electron chi connectivity index (χ4n) is 1.88. The Bertz CT molecular complexity index is 522. The lowest BCUT2D eigenvalue weighted by Gasteiger charge is -2.12. The molecule has 1 aromatic rings. The average Bonchev–Trinajstić information content (AvgIpc) is 2.88. The van der Waals surface area contributed by atoms with Crippen molar-refractivity contribution < 1.29 is 14.8 Å². The van der Waals surface area contributed by atoms with E-state index in [0.717, 1.165) is 0 Å². The van der Waals surface area contributed by atoms with E-state index in [1.807, 2.05) is 0 Å². The van der Waals surface area contributed by atoms with Crippen molar-refractivity contribution >= 4 is 17.6 Å². The number of aryl methyl sites for hydroxylation is 1. The predicted octanol–water partition coefficient (Wildman–Crippen LogP) is 0.769. The van der Waals surface area contributed by atoms with E-state index in [2.05, 4.69) is 10.3 Å². The zero-order valence-corrected chi connectivity index (χ0v) is 9.61. The number of nitro groups is 1. The lowest BCUT2D eigenvalue weighted by atomic mass is 10.1. The normalized spacial score (nSPS) is 22.1. The SMILES string of the molecule is Cn1cnc([N+](=O)[O-])c1NC1C=CC(C(=O)O)C1. The number of imidazole rings is 1. The second-order valence-corrected chi connectivity index (χ2v) is 4.10. The van der Waals surface area contributed by atoms with Crippen LogP contribution in [0.2, 0.25) is 0 Å². The molecule has 1 aliphatic carbocycles. The van der Waals surface area contributed by atoms with Crippen molar-refractivity contribution in [2.45, 2.75) is 12.5 Å². The van der Waals surface area contributed by atoms with Crippen LogP contribution in [0.15, 0.2) is 18.5 Å². The molecule has 96 valence electrons. The van der Waals surface area contributed by atoms with Crippen molar-refractivity contribution in [3.05, 3.63) is 28.6 Å². The van der Waals surface area contributed by atoms with Gasteiger partial charge in [-0.15, -0.1) is 0 Å². The van der Waals surface area contributed by atoms with Crippen LogP contribution in [-0.2, 0) is 11.8 Å². The first kappa shape index (κ1) is 12.1. The fourth-order valence-corrected chi connectivity index (χ4v) is 1.88. The number of nitrogens with one attached hydrogen (secondary N) is 1. The molecule has 8 nitrogen and oxygen atoms in total. The fraction of sp³-hybridized carbons (Fsp3) is 0.400. The van der Waals surface area contributed by atoms with Crippen molar-refractivity contribution in [3.63, 3.8) is 0 Å². The van der Waals surface area contributed by atoms with Crippen LogP contribution < -0.4 is 5.32 Å². The molecule has 2 N–H and O–H groups in total. The smallest absolute Gasteiger partial charge is 0.406 e. The lowest BCUT2D eigenvalue weighted by molar-refractivity contribution is -0.388. The lowest BCUT2D eigenvalue weighted by Crippen LogP contribution is -2.20. The Morgan fingerprint density at radius 2 is 2.39 bits per heavy atom. The third kappa shape index (κ3) is 2.17. The van der Waals surface area contributed by atoms with E-state index >= 15 is 0 Å². The molecule has 0 aromatic carbocycles. The van der Waals surface area contributed by atoms with Crippen LogP contribution in [0.3, 0.4) is 0 Å². The van der Waals surface area contributed by atoms with Crippen LogP contribution in [0.25, 0.3) is 0 Å². The third-order valence-electron chi connectivity index (χ3n) is 2.81. The second-order valence-electron chi connectivity index (χ2n) is 4.10. The molecule has 1 heterocycles. The molecule has 1 aromatic heterocycles. The molecule has 0 fully saturated rings. The van der Waals surface area contributed by atoms with Gasteiger partial charge in [-0.2, -0.15) is 0 Å². The zero-order chi connectivity index (χ0) is 13.3. The van der Waals surface area contributed by atoms with Gasteiger partial charge in [-0.1, -0.05) is 12.2 Å². The van der Waals surface area contributed by atoms with Gasteiger partial charge in [0.2, 0.25) is 12.1 Å². The molecule has 2 rings (SSSR count). The number of aliphatic carboxylic acids is 1. The number of hydrogen-bond donors (Lipinski definition) is 2. The largest absolute Gasteiger partial charge is 0.481 e. The summed E-state index contributed by atoms with van der Waals surface area (Å²) < 4.78 is 1.50. The van der Waals surface area contributed by atoms with Crippen molar-refractivity contribution in [2.75, 3.05) is 5.32 Å². The molecule has 2 atom stereocenters. The molecule has 0 radical (unpaired) electrons. The van der Waals surface area contributed by atoms with Gasteiger partial charge in [-0.25, -0.2) is 0 Å². The van der Waals surface area contributed by atoms with Gasteiger partial charge in [0.15, 0.2) is 0 Å². The van der Waals surface area contributed by atoms with Crippen molar-refractivity contribution in [3.8, 4) is 0 Å². The van der Waals surface area contributed by atoms with Gasteiger partial charge in [-0.3, -0.25) is 9.36 Å². The van der Waals surface area contributed by atoms with E-state index in [4.69, 9.17) is 5.11 Å². The van der Waals surface area contributed by atoms with E-state index in [1.54, 1.807) is 19.2 Å². The number of aromatic nitrogens is 2. The molecular weight excluding hydrogens is 240 g/mol. The van der Waals surface area contributed by atoms with Crippen LogP contribution in [0, 0.1) is 16.0 Å². The topological polar surface area (TPSA) is 110 Å². The van der Waals surface area contributed by atoms with Crippen molar-refractivity contribution in [2.24, 2.45) is 13.0 Å². The highest BCUT2D eigenvalue weighted by Crippen LogP contribution is 2.26. The summed E-state index contributed by atoms with van der Waals surface area (Å²) in [6, 6.07) is -0.236. The third-order valence-corrected chi connectivity index (χ3v) is 2.81. The van der Waals surface area contributed by atoms with Crippen LogP contribution in [0.4, 0.5) is 11.6 Å². The van der Waals surface area contributed by atoms with E-state index in [0.29, 0.717) is 6.42 Å². The van der Waals surface area contributed by atoms with E-state index in [-0.39, 0.29) is 17.7 Å². The number of anilines is 1. The highest BCUT2D eigenvalue weighted by Gasteiger charge is 2.28. The first-order valence-corrected chi connectivity index (χ1v) is 5.32. The van der Waals surface area contributed by atoms with Gasteiger partial charge in [-0.05, 0) is 16.3 Å². The van der Waals surface area contributed by atoms with E-state index < -0.39 is 16.8 Å². The Balaban J connectivity index is 2.12. The van der Waals surface area contributed by atoms with Gasteiger partial charge in [0.25, 0.3) is 0 Å². The zero-order valence-electron chi connectivity index (χ0n) is 9.61. The molecule has 8 heteroatoms. The summed E-state index contributed by atoms with van der Waals surface area (Å²) in [4.78, 5) is 24.6. The van der Waals surface area contributed by atoms with Gasteiger partial charge >= 0.3 is 11.8 Å². The summed E-state index contributed by atoms with van der Waals surface area (Å²) in [5.74, 6) is -1.42. The molecule has 0 spiro atoms. The summed E-state index contributed by atoms with van der Waals surface area (Å²) in [6.07, 6.45) is 5.00. The first-order chi connectivity index (χ1) is 8.49. The Morgan fingerprint density at radius 1 is 1.67 bits per heavy atom. The summed E-state index contributed by atoms with van der Waals surface area (Å²) >= 11 is 0. The minimum Gasteiger partial charge on any atom is -0.481 e. The number of nitrogens with zero attached hydrogens (tertiary/aromatic N) is 3. The number of hydrogen-bond acceptors (Lipinski definition) is 5. The second kappa shape index (κ2) is 4.47. The molecule has 0 amide bonds. The molecule has 18 heavy (non-hydrogen) atoms. The van der Waals surface area contributed by atoms with Gasteiger partial charge < -0.3 is 20.5 Å². The Morgan fingerprint density at radius 3 is 2.94 bits per heavy atom. The molecule has 2 unspecified atom stereocenters. The Kier molecular flexibility index (Phi) is 3.00. The number of carboxylic acid groups (broad SMARTS) is 1. The van der Waals surface area contributed by atoms with Gasteiger partial charge in [0, 0.05) is 13.1 Å². The Labute approximate surface area is 102 Å². The van der Waals surface area contributed by atoms with Crippen LogP contribution in [0.5, 0.6) is 0 Å². The Hall–Kier alpha value is -2.38. The van der Waals surface area contributed by atoms with E-state index in [9.17, 15) is 14.9 Å². The summed E-state index contributed by atoms with van der Waals surface area (Å²) in [5.41, 5.74) is 0. The van der Waals surface area contributed by atoms with Crippen LogP contribution in [0.1, 0.15) is 6.42 Å². The monoisotopic (exact) mass is 252 g/mol. The molecule has 0 bridgehead atoms. The summed E-state index contributed by atoms with van der Waals surface area (Å²) in [5, 5.41) is 22.5. The minimum atomic E-state index is -0.893. The first-order valence-electron chi connectivity index (χ1n) is 5.32. The maximum absolute atomic E-state index is 10.8. The quantitative estimate of drug-likeness (QED) is 0.465. The highest BCUT2D eigenvalue weighted by molar-refractivity contribution is 5.73. The molecule has 1 aliphatic rings. The van der Waals surface area contributed by atoms with Crippen LogP contribution >= 0.6 is 0 Å². The molecule has 0 saturated heterocycles. The van der Waals surface area contributed by atoms with Crippen molar-refractivity contribution in [1.82, 2.24) is 9.55 Å². The maximum atomic E-state index is 10.8. The number of carboxylic acids is 1. The number of carbonyl (C=O) groups is 1. The minimum absolute atomic E-state index is 0.236.